The summed E-state index contributed by atoms with van der Waals surface area (Å²) in [6.45, 7) is 1.86. The Kier molecular flexibility index (Phi) is 5.95. The van der Waals surface area contributed by atoms with Gasteiger partial charge in [-0.25, -0.2) is 8.78 Å². The highest BCUT2D eigenvalue weighted by atomic mass is 79.9. The molecule has 1 heterocycles. The van der Waals surface area contributed by atoms with E-state index in [1.165, 1.54) is 6.20 Å². The SMILES string of the molecule is CCOC(=O)Cc1cnc(CCl)c(Br)c1C(F)F. The van der Waals surface area contributed by atoms with Crippen molar-refractivity contribution in [1.29, 1.82) is 0 Å². The van der Waals surface area contributed by atoms with Gasteiger partial charge in [-0.05, 0) is 28.4 Å². The number of halogens is 4. The van der Waals surface area contributed by atoms with Gasteiger partial charge in [-0.15, -0.1) is 11.6 Å². The van der Waals surface area contributed by atoms with Crippen LogP contribution in [0.15, 0.2) is 10.7 Å². The molecule has 7 heteroatoms. The third-order valence-electron chi connectivity index (χ3n) is 2.20. The number of hydrogen-bond donors (Lipinski definition) is 0. The molecular formula is C11H11BrClF2NO2. The Labute approximate surface area is 117 Å². The fourth-order valence-electron chi connectivity index (χ4n) is 1.42. The molecule has 0 radical (unpaired) electrons. The molecule has 0 spiro atoms. The predicted octanol–water partition coefficient (Wildman–Crippen LogP) is 3.63. The van der Waals surface area contributed by atoms with Crippen molar-refractivity contribution in [3.8, 4) is 0 Å². The van der Waals surface area contributed by atoms with Gasteiger partial charge in [0, 0.05) is 16.2 Å². The molecule has 0 aliphatic heterocycles. The first-order valence-electron chi connectivity index (χ1n) is 5.17. The highest BCUT2D eigenvalue weighted by Crippen LogP contribution is 2.33. The highest BCUT2D eigenvalue weighted by molar-refractivity contribution is 9.10. The van der Waals surface area contributed by atoms with Gasteiger partial charge in [0.15, 0.2) is 0 Å². The average Bonchev–Trinajstić information content (AvgIpc) is 2.29. The van der Waals surface area contributed by atoms with Crippen LogP contribution in [0.4, 0.5) is 8.78 Å². The monoisotopic (exact) mass is 341 g/mol. The molecule has 0 atom stereocenters. The summed E-state index contributed by atoms with van der Waals surface area (Å²) in [5.74, 6) is -0.549. The maximum atomic E-state index is 13.0. The van der Waals surface area contributed by atoms with E-state index in [4.69, 9.17) is 16.3 Å². The second-order valence-electron chi connectivity index (χ2n) is 3.37. The summed E-state index contributed by atoms with van der Waals surface area (Å²) in [6.07, 6.45) is -1.71. The van der Waals surface area contributed by atoms with Crippen molar-refractivity contribution in [2.45, 2.75) is 25.7 Å². The molecule has 18 heavy (non-hydrogen) atoms. The summed E-state index contributed by atoms with van der Waals surface area (Å²) in [5.41, 5.74) is 0.206. The smallest absolute Gasteiger partial charge is 0.310 e. The van der Waals surface area contributed by atoms with Gasteiger partial charge in [0.25, 0.3) is 6.43 Å². The standard InChI is InChI=1S/C11H11BrClF2NO2/c1-2-18-8(17)3-6-5-16-7(4-13)10(12)9(6)11(14)15/h5,11H,2-4H2,1H3. The van der Waals surface area contributed by atoms with Gasteiger partial charge in [0.05, 0.1) is 24.6 Å². The molecular weight excluding hydrogens is 331 g/mol. The molecule has 0 N–H and O–H groups in total. The Bertz CT molecular complexity index is 443. The Morgan fingerprint density at radius 2 is 2.28 bits per heavy atom. The maximum Gasteiger partial charge on any atom is 0.310 e. The first-order valence-corrected chi connectivity index (χ1v) is 6.49. The quantitative estimate of drug-likeness (QED) is 0.606. The van der Waals surface area contributed by atoms with Gasteiger partial charge in [-0.2, -0.15) is 0 Å². The molecule has 0 aliphatic rings. The Morgan fingerprint density at radius 1 is 1.61 bits per heavy atom. The second-order valence-corrected chi connectivity index (χ2v) is 4.43. The molecule has 0 saturated heterocycles. The summed E-state index contributed by atoms with van der Waals surface area (Å²) >= 11 is 8.63. The molecule has 0 fully saturated rings. The van der Waals surface area contributed by atoms with Gasteiger partial charge < -0.3 is 4.74 Å². The summed E-state index contributed by atoms with van der Waals surface area (Å²) in [7, 11) is 0. The van der Waals surface area contributed by atoms with Gasteiger partial charge in [-0.1, -0.05) is 0 Å². The number of alkyl halides is 3. The minimum absolute atomic E-state index is 0.0139. The van der Waals surface area contributed by atoms with E-state index in [2.05, 4.69) is 20.9 Å². The maximum absolute atomic E-state index is 13.0. The molecule has 0 amide bonds. The van der Waals surface area contributed by atoms with Crippen LogP contribution in [0.1, 0.15) is 30.2 Å². The Hall–Kier alpha value is -0.750. The van der Waals surface area contributed by atoms with E-state index in [-0.39, 0.29) is 34.5 Å². The van der Waals surface area contributed by atoms with Gasteiger partial charge in [0.2, 0.25) is 0 Å². The van der Waals surface area contributed by atoms with Gasteiger partial charge in [0.1, 0.15) is 0 Å². The molecule has 3 nitrogen and oxygen atoms in total. The van der Waals surface area contributed by atoms with E-state index in [1.54, 1.807) is 6.92 Å². The van der Waals surface area contributed by atoms with Crippen LogP contribution in [0.25, 0.3) is 0 Å². The lowest BCUT2D eigenvalue weighted by atomic mass is 10.1. The molecule has 0 aliphatic carbocycles. The van der Waals surface area contributed by atoms with Crippen molar-refractivity contribution >= 4 is 33.5 Å². The van der Waals surface area contributed by atoms with E-state index in [9.17, 15) is 13.6 Å². The number of nitrogens with zero attached hydrogens (tertiary/aromatic N) is 1. The normalized spacial score (nSPS) is 10.8. The van der Waals surface area contributed by atoms with E-state index in [1.807, 2.05) is 0 Å². The van der Waals surface area contributed by atoms with Crippen molar-refractivity contribution in [3.05, 3.63) is 27.5 Å². The molecule has 0 bridgehead atoms. The molecule has 0 saturated carbocycles. The average molecular weight is 343 g/mol. The van der Waals surface area contributed by atoms with Gasteiger partial charge in [-0.3, -0.25) is 9.78 Å². The van der Waals surface area contributed by atoms with Crippen molar-refractivity contribution in [3.63, 3.8) is 0 Å². The van der Waals surface area contributed by atoms with Crippen molar-refractivity contribution in [2.75, 3.05) is 6.61 Å². The summed E-state index contributed by atoms with van der Waals surface area (Å²) in [6, 6.07) is 0. The first kappa shape index (κ1) is 15.3. The fraction of sp³-hybridized carbons (Fsp3) is 0.455. The number of carbonyl (C=O) groups is 1. The number of rotatable bonds is 5. The number of hydrogen-bond acceptors (Lipinski definition) is 3. The Morgan fingerprint density at radius 3 is 2.78 bits per heavy atom. The van der Waals surface area contributed by atoms with E-state index in [0.29, 0.717) is 5.69 Å². The third kappa shape index (κ3) is 3.62. The van der Waals surface area contributed by atoms with E-state index in [0.717, 1.165) is 0 Å². The first-order chi connectivity index (χ1) is 8.51. The number of aromatic nitrogens is 1. The Balaban J connectivity index is 3.11. The molecule has 1 aromatic heterocycles. The van der Waals surface area contributed by atoms with Crippen LogP contribution in [0.3, 0.4) is 0 Å². The lowest BCUT2D eigenvalue weighted by Crippen LogP contribution is -2.11. The minimum atomic E-state index is -2.71. The number of ether oxygens (including phenoxy) is 1. The van der Waals surface area contributed by atoms with Crippen molar-refractivity contribution in [1.82, 2.24) is 4.98 Å². The summed E-state index contributed by atoms with van der Waals surface area (Å²) < 4.78 is 30.8. The minimum Gasteiger partial charge on any atom is -0.466 e. The van der Waals surface area contributed by atoms with E-state index >= 15 is 0 Å². The topological polar surface area (TPSA) is 39.2 Å². The summed E-state index contributed by atoms with van der Waals surface area (Å²) in [4.78, 5) is 15.2. The molecule has 0 unspecified atom stereocenters. The third-order valence-corrected chi connectivity index (χ3v) is 3.33. The molecule has 1 rings (SSSR count). The molecule has 100 valence electrons. The molecule has 1 aromatic rings. The zero-order chi connectivity index (χ0) is 13.7. The molecule has 0 aromatic carbocycles. The van der Waals surface area contributed by atoms with Crippen LogP contribution in [0.5, 0.6) is 0 Å². The summed E-state index contributed by atoms with van der Waals surface area (Å²) in [5, 5.41) is 0. The number of carbonyl (C=O) groups excluding carboxylic acids is 1. The second kappa shape index (κ2) is 6.99. The van der Waals surface area contributed by atoms with Crippen molar-refractivity contribution < 1.29 is 18.3 Å². The van der Waals surface area contributed by atoms with Crippen LogP contribution in [0, 0.1) is 0 Å². The number of pyridine rings is 1. The zero-order valence-corrected chi connectivity index (χ0v) is 11.9. The zero-order valence-electron chi connectivity index (χ0n) is 9.55. The van der Waals surface area contributed by atoms with Crippen molar-refractivity contribution in [2.24, 2.45) is 0 Å². The fourth-order valence-corrected chi connectivity index (χ4v) is 2.45. The number of esters is 1. The lowest BCUT2D eigenvalue weighted by molar-refractivity contribution is -0.142. The largest absolute Gasteiger partial charge is 0.466 e. The lowest BCUT2D eigenvalue weighted by Gasteiger charge is -2.12. The van der Waals surface area contributed by atoms with Crippen LogP contribution in [0.2, 0.25) is 0 Å². The van der Waals surface area contributed by atoms with Crippen LogP contribution < -0.4 is 0 Å². The van der Waals surface area contributed by atoms with Crippen LogP contribution >= 0.6 is 27.5 Å². The highest BCUT2D eigenvalue weighted by Gasteiger charge is 2.22. The predicted molar refractivity (Wildman–Crippen MR) is 66.8 cm³/mol. The van der Waals surface area contributed by atoms with Crippen LogP contribution in [-0.4, -0.2) is 17.6 Å². The van der Waals surface area contributed by atoms with E-state index < -0.39 is 12.4 Å². The van der Waals surface area contributed by atoms with Gasteiger partial charge >= 0.3 is 5.97 Å². The van der Waals surface area contributed by atoms with Crippen LogP contribution in [-0.2, 0) is 21.8 Å².